The largest absolute Gasteiger partial charge is 0.416 e. The zero-order chi connectivity index (χ0) is 43.6. The molecule has 4 aromatic carbocycles. The van der Waals surface area contributed by atoms with Crippen LogP contribution in [-0.4, -0.2) is 9.52 Å². The van der Waals surface area contributed by atoms with E-state index in [1.165, 1.54) is 0 Å². The number of alkyl halides is 12. The van der Waals surface area contributed by atoms with Crippen LogP contribution in [0.5, 0.6) is 0 Å². The molecule has 0 heterocycles. The van der Waals surface area contributed by atoms with Crippen molar-refractivity contribution in [1.82, 2.24) is 0 Å². The molecule has 0 saturated carbocycles. The fourth-order valence-corrected chi connectivity index (χ4v) is 11.3. The SMILES string of the molecule is CCc1ccc2c(c1-c1cc(C(F)(F)F)cc(C(F)(F)F)c1)C=C(C(C)C)C2C[SiH2]CC1C(C(C)C)=Cc2c1ccc(CC)c2-c1cc(C(F)(F)F)cc(C(F)(F)F)c1. The summed E-state index contributed by atoms with van der Waals surface area (Å²) >= 11 is 0. The van der Waals surface area contributed by atoms with E-state index in [9.17, 15) is 52.7 Å². The number of halogens is 12. The third-order valence-electron chi connectivity index (χ3n) is 11.7. The second kappa shape index (κ2) is 16.0. The molecular weight excluding hydrogens is 809 g/mol. The van der Waals surface area contributed by atoms with Crippen molar-refractivity contribution >= 4 is 21.7 Å². The molecule has 0 spiro atoms. The van der Waals surface area contributed by atoms with Crippen molar-refractivity contribution in [3.8, 4) is 22.3 Å². The van der Waals surface area contributed by atoms with Gasteiger partial charge in [-0.1, -0.05) is 101 Å². The number of hydrogen-bond donors (Lipinski definition) is 0. The van der Waals surface area contributed by atoms with Gasteiger partial charge in [0.05, 0.1) is 22.3 Å². The van der Waals surface area contributed by atoms with Crippen molar-refractivity contribution in [2.45, 2.75) is 103 Å². The van der Waals surface area contributed by atoms with Crippen molar-refractivity contribution in [1.29, 1.82) is 0 Å². The highest BCUT2D eigenvalue weighted by molar-refractivity contribution is 6.36. The van der Waals surface area contributed by atoms with Crippen LogP contribution < -0.4 is 0 Å². The smallest absolute Gasteiger partial charge is 0.166 e. The Hall–Kier alpha value is -4.26. The number of fused-ring (bicyclic) bond motifs is 2. The van der Waals surface area contributed by atoms with E-state index in [0.29, 0.717) is 46.2 Å². The van der Waals surface area contributed by atoms with Crippen LogP contribution in [0.1, 0.15) is 109 Å². The molecule has 59 heavy (non-hydrogen) atoms. The third-order valence-corrected chi connectivity index (χ3v) is 13.7. The van der Waals surface area contributed by atoms with E-state index in [4.69, 9.17) is 0 Å². The summed E-state index contributed by atoms with van der Waals surface area (Å²) in [5.41, 5.74) is 1.05. The van der Waals surface area contributed by atoms with Gasteiger partial charge < -0.3 is 0 Å². The average Bonchev–Trinajstić information content (AvgIpc) is 3.71. The first-order valence-corrected chi connectivity index (χ1v) is 21.7. The molecule has 0 radical (unpaired) electrons. The van der Waals surface area contributed by atoms with Crippen molar-refractivity contribution in [2.75, 3.05) is 0 Å². The Labute approximate surface area is 338 Å². The predicted octanol–water partition coefficient (Wildman–Crippen LogP) is 15.2. The summed E-state index contributed by atoms with van der Waals surface area (Å²) in [6, 6.07) is 12.3. The summed E-state index contributed by atoms with van der Waals surface area (Å²) in [5, 5.41) is 0. The van der Waals surface area contributed by atoms with Gasteiger partial charge in [0, 0.05) is 21.4 Å². The highest BCUT2D eigenvalue weighted by atomic mass is 28.2. The Kier molecular flexibility index (Phi) is 12.0. The highest BCUT2D eigenvalue weighted by Gasteiger charge is 2.40. The zero-order valence-corrected chi connectivity index (χ0v) is 34.7. The standard InChI is InChI=1S/C46H44F12Si/c1-7-25-9-11-33-37(41(25)27-13-29(43(47,48)49)17-30(14-27)44(50,51)52)19-35(23(3)4)39(33)21-59-22-40-34-12-10-26(8-2)42(38(34)20-36(40)24(5)6)28-15-31(45(53,54)55)18-32(16-28)46(56,57)58/h9-20,23-24,39-40H,7-8,21-22,59H2,1-6H3. The molecule has 316 valence electrons. The summed E-state index contributed by atoms with van der Waals surface area (Å²) in [5.74, 6) is -0.251. The second-order valence-electron chi connectivity index (χ2n) is 16.1. The fraction of sp³-hybridized carbons (Fsp3) is 0.391. The van der Waals surface area contributed by atoms with Crippen LogP contribution in [-0.2, 0) is 37.5 Å². The van der Waals surface area contributed by atoms with E-state index in [1.54, 1.807) is 26.0 Å². The first-order valence-electron chi connectivity index (χ1n) is 19.7. The number of rotatable bonds is 10. The molecule has 0 fully saturated rings. The Bertz CT molecular complexity index is 2070. The minimum Gasteiger partial charge on any atom is -0.166 e. The maximum atomic E-state index is 14.0. The van der Waals surface area contributed by atoms with Gasteiger partial charge in [-0.3, -0.25) is 0 Å². The molecule has 0 N–H and O–H groups in total. The lowest BCUT2D eigenvalue weighted by Gasteiger charge is -2.24. The first kappa shape index (κ1) is 44.3. The molecule has 0 aliphatic heterocycles. The average molecular weight is 853 g/mol. The molecule has 2 aliphatic rings. The van der Waals surface area contributed by atoms with Crippen LogP contribution in [0.15, 0.2) is 71.8 Å². The molecule has 6 rings (SSSR count). The van der Waals surface area contributed by atoms with Gasteiger partial charge in [-0.25, -0.2) is 0 Å². The van der Waals surface area contributed by atoms with Gasteiger partial charge in [-0.05, 0) is 117 Å². The van der Waals surface area contributed by atoms with Gasteiger partial charge in [0.15, 0.2) is 0 Å². The molecule has 2 unspecified atom stereocenters. The summed E-state index contributed by atoms with van der Waals surface area (Å²) in [4.78, 5) is 0. The van der Waals surface area contributed by atoms with Crippen LogP contribution in [0.3, 0.4) is 0 Å². The Morgan fingerprint density at radius 3 is 1.03 bits per heavy atom. The minimum atomic E-state index is -5.01. The van der Waals surface area contributed by atoms with E-state index in [2.05, 4.69) is 0 Å². The van der Waals surface area contributed by atoms with Crippen LogP contribution in [0.2, 0.25) is 12.1 Å². The quantitative estimate of drug-likeness (QED) is 0.110. The maximum absolute atomic E-state index is 14.0. The fourth-order valence-electron chi connectivity index (χ4n) is 8.95. The molecule has 2 atom stereocenters. The molecular formula is C46H44F12Si. The first-order chi connectivity index (χ1) is 27.3. The Morgan fingerprint density at radius 1 is 0.475 bits per heavy atom. The van der Waals surface area contributed by atoms with Gasteiger partial charge >= 0.3 is 24.7 Å². The van der Waals surface area contributed by atoms with E-state index >= 15 is 0 Å². The number of allylic oxidation sites excluding steroid dienone is 2. The van der Waals surface area contributed by atoms with E-state index in [0.717, 1.165) is 58.6 Å². The van der Waals surface area contributed by atoms with Gasteiger partial charge in [-0.15, -0.1) is 0 Å². The lowest BCUT2D eigenvalue weighted by molar-refractivity contribution is -0.144. The molecule has 13 heteroatoms. The minimum absolute atomic E-state index is 0.00831. The molecule has 2 aliphatic carbocycles. The summed E-state index contributed by atoms with van der Waals surface area (Å²) < 4.78 is 168. The van der Waals surface area contributed by atoms with E-state index in [-0.39, 0.29) is 46.9 Å². The monoisotopic (exact) mass is 852 g/mol. The summed E-state index contributed by atoms with van der Waals surface area (Å²) in [6.07, 6.45) is -15.4. The highest BCUT2D eigenvalue weighted by Crippen LogP contribution is 2.51. The van der Waals surface area contributed by atoms with Gasteiger partial charge in [-0.2, -0.15) is 52.7 Å². The van der Waals surface area contributed by atoms with Gasteiger partial charge in [0.1, 0.15) is 0 Å². The molecule has 0 saturated heterocycles. The van der Waals surface area contributed by atoms with E-state index in [1.807, 2.05) is 52.0 Å². The van der Waals surface area contributed by atoms with Gasteiger partial charge in [0.2, 0.25) is 0 Å². The Morgan fingerprint density at radius 2 is 0.780 bits per heavy atom. The molecule has 4 aromatic rings. The summed E-state index contributed by atoms with van der Waals surface area (Å²) in [7, 11) is -1.01. The Balaban J connectivity index is 1.39. The second-order valence-corrected chi connectivity index (χ2v) is 18.0. The number of benzene rings is 4. The lowest BCUT2D eigenvalue weighted by Crippen LogP contribution is -2.12. The van der Waals surface area contributed by atoms with Crippen molar-refractivity contribution in [2.24, 2.45) is 11.8 Å². The van der Waals surface area contributed by atoms with E-state index < -0.39 is 56.5 Å². The van der Waals surface area contributed by atoms with Crippen LogP contribution >= 0.6 is 0 Å². The number of hydrogen-bond acceptors (Lipinski definition) is 0. The predicted molar refractivity (Wildman–Crippen MR) is 212 cm³/mol. The molecule has 0 amide bonds. The summed E-state index contributed by atoms with van der Waals surface area (Å²) in [6.45, 7) is 11.6. The topological polar surface area (TPSA) is 0 Å². The molecule has 0 aromatic heterocycles. The molecule has 0 bridgehead atoms. The van der Waals surface area contributed by atoms with Crippen LogP contribution in [0.25, 0.3) is 34.4 Å². The van der Waals surface area contributed by atoms with Crippen molar-refractivity contribution in [3.63, 3.8) is 0 Å². The van der Waals surface area contributed by atoms with Crippen molar-refractivity contribution in [3.05, 3.63) is 127 Å². The third kappa shape index (κ3) is 8.82. The normalized spacial score (nSPS) is 17.4. The van der Waals surface area contributed by atoms with Crippen LogP contribution in [0, 0.1) is 11.8 Å². The van der Waals surface area contributed by atoms with Crippen LogP contribution in [0.4, 0.5) is 52.7 Å². The maximum Gasteiger partial charge on any atom is 0.416 e. The number of aryl methyl sites for hydroxylation is 2. The van der Waals surface area contributed by atoms with Gasteiger partial charge in [0.25, 0.3) is 0 Å². The lowest BCUT2D eigenvalue weighted by atomic mass is 9.86. The molecule has 0 nitrogen and oxygen atoms in total. The zero-order valence-electron chi connectivity index (χ0n) is 33.3. The van der Waals surface area contributed by atoms with Crippen molar-refractivity contribution < 1.29 is 52.7 Å².